The lowest BCUT2D eigenvalue weighted by molar-refractivity contribution is -0.121. The minimum Gasteiger partial charge on any atom is -0.350 e. The zero-order valence-corrected chi connectivity index (χ0v) is 14.2. The average Bonchev–Trinajstić information content (AvgIpc) is 3.08. The first-order valence-corrected chi connectivity index (χ1v) is 8.27. The van der Waals surface area contributed by atoms with Gasteiger partial charge in [0.1, 0.15) is 6.54 Å². The van der Waals surface area contributed by atoms with Crippen LogP contribution >= 0.6 is 11.6 Å². The van der Waals surface area contributed by atoms with Crippen molar-refractivity contribution in [3.05, 3.63) is 94.8 Å². The van der Waals surface area contributed by atoms with E-state index in [-0.39, 0.29) is 18.2 Å². The molecular formula is C20H17ClN2O2. The standard InChI is InChI=1S/C20H17ClN2O2/c21-17-9-4-6-15(12-17)13-22-19(24)14-23-11-5-10-18(23)20(25)16-7-2-1-3-8-16/h1-12H,13-14H2,(H,22,24). The van der Waals surface area contributed by atoms with Crippen LogP contribution in [0.4, 0.5) is 0 Å². The molecule has 0 spiro atoms. The van der Waals surface area contributed by atoms with E-state index in [0.717, 1.165) is 5.56 Å². The molecule has 126 valence electrons. The first-order valence-electron chi connectivity index (χ1n) is 7.89. The lowest BCUT2D eigenvalue weighted by atomic mass is 10.1. The Kier molecular flexibility index (Phi) is 5.31. The van der Waals surface area contributed by atoms with E-state index in [4.69, 9.17) is 11.6 Å². The minimum atomic E-state index is -0.168. The van der Waals surface area contributed by atoms with Gasteiger partial charge in [-0.2, -0.15) is 0 Å². The molecule has 0 aliphatic carbocycles. The number of ketones is 1. The van der Waals surface area contributed by atoms with Crippen LogP contribution in [0.5, 0.6) is 0 Å². The number of amides is 1. The Morgan fingerprint density at radius 3 is 2.52 bits per heavy atom. The van der Waals surface area contributed by atoms with Crippen LogP contribution in [0, 0.1) is 0 Å². The lowest BCUT2D eigenvalue weighted by Crippen LogP contribution is -2.28. The fraction of sp³-hybridized carbons (Fsp3) is 0.100. The Bertz CT molecular complexity index is 887. The summed E-state index contributed by atoms with van der Waals surface area (Å²) in [6.07, 6.45) is 1.73. The van der Waals surface area contributed by atoms with Crippen molar-refractivity contribution < 1.29 is 9.59 Å². The number of nitrogens with zero attached hydrogens (tertiary/aromatic N) is 1. The number of carbonyl (C=O) groups is 2. The Balaban J connectivity index is 1.65. The van der Waals surface area contributed by atoms with E-state index in [0.29, 0.717) is 22.8 Å². The molecule has 5 heteroatoms. The molecule has 1 N–H and O–H groups in total. The van der Waals surface area contributed by atoms with Crippen molar-refractivity contribution in [1.29, 1.82) is 0 Å². The third kappa shape index (κ3) is 4.37. The third-order valence-corrected chi connectivity index (χ3v) is 4.03. The van der Waals surface area contributed by atoms with Crippen LogP contribution in [-0.4, -0.2) is 16.3 Å². The first-order chi connectivity index (χ1) is 12.1. The number of aromatic nitrogens is 1. The Labute approximate surface area is 151 Å². The van der Waals surface area contributed by atoms with Crippen LogP contribution in [0.3, 0.4) is 0 Å². The smallest absolute Gasteiger partial charge is 0.240 e. The zero-order chi connectivity index (χ0) is 17.6. The van der Waals surface area contributed by atoms with Crippen LogP contribution in [-0.2, 0) is 17.9 Å². The molecule has 0 atom stereocenters. The summed E-state index contributed by atoms with van der Waals surface area (Å²) in [6.45, 7) is 0.476. The molecule has 3 aromatic rings. The van der Waals surface area contributed by atoms with Gasteiger partial charge < -0.3 is 9.88 Å². The van der Waals surface area contributed by atoms with Gasteiger partial charge in [-0.25, -0.2) is 0 Å². The van der Waals surface area contributed by atoms with Gasteiger partial charge in [-0.05, 0) is 29.8 Å². The molecule has 3 rings (SSSR count). The summed E-state index contributed by atoms with van der Waals surface area (Å²) >= 11 is 5.93. The van der Waals surface area contributed by atoms with Gasteiger partial charge in [0.25, 0.3) is 0 Å². The molecule has 0 saturated carbocycles. The predicted molar refractivity (Wildman–Crippen MR) is 97.6 cm³/mol. The molecule has 0 radical (unpaired) electrons. The Morgan fingerprint density at radius 2 is 1.76 bits per heavy atom. The number of halogens is 1. The van der Waals surface area contributed by atoms with Crippen molar-refractivity contribution >= 4 is 23.3 Å². The van der Waals surface area contributed by atoms with Gasteiger partial charge >= 0.3 is 0 Å². The van der Waals surface area contributed by atoms with E-state index in [1.165, 1.54) is 0 Å². The molecule has 0 unspecified atom stereocenters. The van der Waals surface area contributed by atoms with E-state index in [1.54, 1.807) is 41.1 Å². The first kappa shape index (κ1) is 17.0. The second-order valence-corrected chi connectivity index (χ2v) is 6.06. The van der Waals surface area contributed by atoms with Crippen molar-refractivity contribution in [3.63, 3.8) is 0 Å². The normalized spacial score (nSPS) is 10.4. The number of nitrogens with one attached hydrogen (secondary N) is 1. The van der Waals surface area contributed by atoms with Crippen LogP contribution in [0.25, 0.3) is 0 Å². The third-order valence-electron chi connectivity index (χ3n) is 3.79. The average molecular weight is 353 g/mol. The second kappa shape index (κ2) is 7.81. The second-order valence-electron chi connectivity index (χ2n) is 5.62. The molecule has 0 bridgehead atoms. The van der Waals surface area contributed by atoms with E-state index in [9.17, 15) is 9.59 Å². The highest BCUT2D eigenvalue weighted by Crippen LogP contribution is 2.12. The van der Waals surface area contributed by atoms with Gasteiger partial charge in [0.2, 0.25) is 11.7 Å². The number of hydrogen-bond acceptors (Lipinski definition) is 2. The quantitative estimate of drug-likeness (QED) is 0.688. The van der Waals surface area contributed by atoms with Gasteiger partial charge in [-0.15, -0.1) is 0 Å². The molecular weight excluding hydrogens is 336 g/mol. The van der Waals surface area contributed by atoms with Crippen LogP contribution in [0.2, 0.25) is 5.02 Å². The predicted octanol–water partition coefficient (Wildman–Crippen LogP) is 3.69. The highest BCUT2D eigenvalue weighted by atomic mass is 35.5. The molecule has 4 nitrogen and oxygen atoms in total. The SMILES string of the molecule is O=C(Cn1cccc1C(=O)c1ccccc1)NCc1cccc(Cl)c1. The topological polar surface area (TPSA) is 51.1 Å². The minimum absolute atomic E-state index is 0.0848. The molecule has 0 saturated heterocycles. The van der Waals surface area contributed by atoms with E-state index < -0.39 is 0 Å². The maximum atomic E-state index is 12.6. The molecule has 1 heterocycles. The summed E-state index contributed by atoms with van der Waals surface area (Å²) in [5.41, 5.74) is 2.01. The van der Waals surface area contributed by atoms with Gasteiger partial charge in [0.15, 0.2) is 0 Å². The van der Waals surface area contributed by atoms with Crippen molar-refractivity contribution in [2.45, 2.75) is 13.1 Å². The van der Waals surface area contributed by atoms with Crippen LogP contribution < -0.4 is 5.32 Å². The molecule has 2 aromatic carbocycles. The fourth-order valence-electron chi connectivity index (χ4n) is 2.55. The van der Waals surface area contributed by atoms with E-state index >= 15 is 0 Å². The highest BCUT2D eigenvalue weighted by molar-refractivity contribution is 6.30. The van der Waals surface area contributed by atoms with Crippen LogP contribution in [0.15, 0.2) is 72.9 Å². The highest BCUT2D eigenvalue weighted by Gasteiger charge is 2.14. The molecule has 0 aliphatic rings. The summed E-state index contributed by atoms with van der Waals surface area (Å²) in [5, 5.41) is 3.47. The van der Waals surface area contributed by atoms with Crippen molar-refractivity contribution in [3.8, 4) is 0 Å². The van der Waals surface area contributed by atoms with E-state index in [2.05, 4.69) is 5.32 Å². The number of carbonyl (C=O) groups excluding carboxylic acids is 2. The summed E-state index contributed by atoms with van der Waals surface area (Å²) in [5.74, 6) is -0.272. The molecule has 25 heavy (non-hydrogen) atoms. The zero-order valence-electron chi connectivity index (χ0n) is 13.5. The largest absolute Gasteiger partial charge is 0.350 e. The van der Waals surface area contributed by atoms with Gasteiger partial charge in [0.05, 0.1) is 5.69 Å². The Hall–Kier alpha value is -2.85. The molecule has 0 fully saturated rings. The number of hydrogen-bond donors (Lipinski definition) is 1. The maximum absolute atomic E-state index is 12.6. The Morgan fingerprint density at radius 1 is 0.960 bits per heavy atom. The summed E-state index contributed by atoms with van der Waals surface area (Å²) in [4.78, 5) is 24.8. The summed E-state index contributed by atoms with van der Waals surface area (Å²) in [6, 6.07) is 19.8. The van der Waals surface area contributed by atoms with Gasteiger partial charge in [-0.3, -0.25) is 9.59 Å². The summed E-state index contributed by atoms with van der Waals surface area (Å²) < 4.78 is 1.66. The maximum Gasteiger partial charge on any atom is 0.240 e. The molecule has 1 amide bonds. The lowest BCUT2D eigenvalue weighted by Gasteiger charge is -2.10. The van der Waals surface area contributed by atoms with Crippen molar-refractivity contribution in [2.24, 2.45) is 0 Å². The van der Waals surface area contributed by atoms with Gasteiger partial charge in [0, 0.05) is 23.3 Å². The fourth-order valence-corrected chi connectivity index (χ4v) is 2.77. The number of benzene rings is 2. The summed E-state index contributed by atoms with van der Waals surface area (Å²) in [7, 11) is 0. The van der Waals surface area contributed by atoms with E-state index in [1.807, 2.05) is 36.4 Å². The van der Waals surface area contributed by atoms with Gasteiger partial charge in [-0.1, -0.05) is 54.1 Å². The monoisotopic (exact) mass is 352 g/mol. The van der Waals surface area contributed by atoms with Crippen LogP contribution in [0.1, 0.15) is 21.6 Å². The number of rotatable bonds is 6. The molecule has 1 aromatic heterocycles. The van der Waals surface area contributed by atoms with Crippen molar-refractivity contribution in [2.75, 3.05) is 0 Å². The van der Waals surface area contributed by atoms with Crippen molar-refractivity contribution in [1.82, 2.24) is 9.88 Å². The molecule has 0 aliphatic heterocycles.